The van der Waals surface area contributed by atoms with Gasteiger partial charge >= 0.3 is 12.1 Å². The predicted octanol–water partition coefficient (Wildman–Crippen LogP) is 1.38. The lowest BCUT2D eigenvalue weighted by Crippen LogP contribution is -2.61. The number of likely N-dealkylation sites (tertiary alicyclic amines) is 1. The van der Waals surface area contributed by atoms with Gasteiger partial charge in [-0.15, -0.1) is 0 Å². The largest absolute Gasteiger partial charge is 0.465 e. The number of nitrogens with zero attached hydrogens (tertiary/aromatic N) is 7. The second-order valence-electron chi connectivity index (χ2n) is 11.1. The molecule has 13 heteroatoms. The minimum atomic E-state index is -0.860. The molecule has 1 atom stereocenters. The highest BCUT2D eigenvalue weighted by atomic mass is 16.4. The number of amides is 4. The number of urea groups is 1. The molecule has 212 valence electrons. The molecule has 13 nitrogen and oxygen atoms in total. The number of primary amides is 1. The number of fused-ring (bicyclic) bond motifs is 1. The van der Waals surface area contributed by atoms with Crippen LogP contribution in [0.15, 0.2) is 24.4 Å². The van der Waals surface area contributed by atoms with Crippen LogP contribution in [0.3, 0.4) is 0 Å². The Morgan fingerprint density at radius 3 is 2.62 bits per heavy atom. The zero-order valence-electron chi connectivity index (χ0n) is 22.6. The molecule has 0 radical (unpaired) electrons. The summed E-state index contributed by atoms with van der Waals surface area (Å²) in [6.45, 7) is 5.66. The molecule has 2 aromatic rings. The van der Waals surface area contributed by atoms with Crippen LogP contribution in [0.2, 0.25) is 0 Å². The van der Waals surface area contributed by atoms with Gasteiger partial charge in [0, 0.05) is 71.1 Å². The van der Waals surface area contributed by atoms with Crippen LogP contribution in [-0.4, -0.2) is 118 Å². The van der Waals surface area contributed by atoms with Crippen molar-refractivity contribution in [2.24, 2.45) is 5.73 Å². The standard InChI is InChI=1S/C27H35N9O4/c1-32-9-10-36(26(32)38)20-3-2-7-34(14-20)22-12-29-23(24(28)37)25(31-22)30-19-5-4-18-13-33(8-6-17(18)11-19)21-15-35(16-21)27(39)40/h4-5,11-12,20-21H,2-3,6-10,13-16H2,1H3,(H2,28,37)(H,30,31)(H,39,40). The highest BCUT2D eigenvalue weighted by Gasteiger charge is 2.36. The van der Waals surface area contributed by atoms with Crippen molar-refractivity contribution >= 4 is 35.4 Å². The summed E-state index contributed by atoms with van der Waals surface area (Å²) in [7, 11) is 1.83. The van der Waals surface area contributed by atoms with Crippen molar-refractivity contribution in [2.45, 2.75) is 37.9 Å². The fraction of sp³-hybridized carbons (Fsp3) is 0.519. The monoisotopic (exact) mass is 549 g/mol. The fourth-order valence-corrected chi connectivity index (χ4v) is 6.17. The van der Waals surface area contributed by atoms with Gasteiger partial charge in [-0.25, -0.2) is 19.6 Å². The molecule has 1 aromatic carbocycles. The van der Waals surface area contributed by atoms with Crippen molar-refractivity contribution in [1.29, 1.82) is 0 Å². The maximum atomic E-state index is 12.6. The zero-order valence-corrected chi connectivity index (χ0v) is 22.6. The van der Waals surface area contributed by atoms with E-state index < -0.39 is 12.0 Å². The number of likely N-dealkylation sites (N-methyl/N-ethyl adjacent to an activating group) is 1. The lowest BCUT2D eigenvalue weighted by atomic mass is 9.96. The number of aromatic nitrogens is 2. The third-order valence-corrected chi connectivity index (χ3v) is 8.56. The first-order valence-electron chi connectivity index (χ1n) is 13.8. The summed E-state index contributed by atoms with van der Waals surface area (Å²) in [5.41, 5.74) is 8.93. The molecule has 4 amide bonds. The number of carboxylic acid groups (broad SMARTS) is 1. The summed E-state index contributed by atoms with van der Waals surface area (Å²) in [5.74, 6) is 0.291. The van der Waals surface area contributed by atoms with E-state index in [1.165, 1.54) is 16.0 Å². The normalized spacial score (nSPS) is 21.8. The van der Waals surface area contributed by atoms with Crippen LogP contribution in [-0.2, 0) is 13.0 Å². The SMILES string of the molecule is CN1CCN(C2CCCN(c3cnc(C(N)=O)c(Nc4ccc5c(c4)CCN(C4CN(C(=O)O)C4)C5)n3)C2)C1=O. The van der Waals surface area contributed by atoms with Crippen LogP contribution >= 0.6 is 0 Å². The molecule has 1 aromatic heterocycles. The van der Waals surface area contributed by atoms with E-state index in [1.54, 1.807) is 11.1 Å². The second kappa shape index (κ2) is 10.5. The van der Waals surface area contributed by atoms with E-state index in [9.17, 15) is 14.4 Å². The van der Waals surface area contributed by atoms with Crippen molar-refractivity contribution in [1.82, 2.24) is 29.6 Å². The van der Waals surface area contributed by atoms with E-state index in [1.807, 2.05) is 18.0 Å². The van der Waals surface area contributed by atoms with E-state index >= 15 is 0 Å². The molecule has 0 spiro atoms. The Labute approximate surface area is 232 Å². The molecule has 4 aliphatic rings. The maximum absolute atomic E-state index is 12.6. The van der Waals surface area contributed by atoms with Gasteiger partial charge in [-0.2, -0.15) is 0 Å². The van der Waals surface area contributed by atoms with Crippen LogP contribution in [0.4, 0.5) is 26.9 Å². The zero-order chi connectivity index (χ0) is 28.0. The third kappa shape index (κ3) is 4.96. The summed E-state index contributed by atoms with van der Waals surface area (Å²) >= 11 is 0. The molecule has 5 heterocycles. The lowest BCUT2D eigenvalue weighted by molar-refractivity contribution is 0.0301. The molecule has 4 aliphatic heterocycles. The Kier molecular flexibility index (Phi) is 6.82. The Bertz CT molecular complexity index is 1330. The van der Waals surface area contributed by atoms with Crippen LogP contribution in [0.5, 0.6) is 0 Å². The van der Waals surface area contributed by atoms with Gasteiger partial charge in [0.05, 0.1) is 12.2 Å². The topological polar surface area (TPSA) is 151 Å². The fourth-order valence-electron chi connectivity index (χ4n) is 6.17. The third-order valence-electron chi connectivity index (χ3n) is 8.56. The second-order valence-corrected chi connectivity index (χ2v) is 11.1. The van der Waals surface area contributed by atoms with Gasteiger partial charge in [-0.1, -0.05) is 6.07 Å². The Morgan fingerprint density at radius 1 is 1.07 bits per heavy atom. The molecule has 0 bridgehead atoms. The predicted molar refractivity (Wildman–Crippen MR) is 148 cm³/mol. The van der Waals surface area contributed by atoms with Gasteiger partial charge in [-0.05, 0) is 42.5 Å². The van der Waals surface area contributed by atoms with Crippen molar-refractivity contribution in [2.75, 3.05) is 63.1 Å². The molecule has 0 saturated carbocycles. The van der Waals surface area contributed by atoms with Gasteiger partial charge in [0.15, 0.2) is 11.5 Å². The molecule has 3 fully saturated rings. The number of benzene rings is 1. The highest BCUT2D eigenvalue weighted by molar-refractivity contribution is 5.96. The molecular formula is C27H35N9O4. The molecule has 4 N–H and O–H groups in total. The van der Waals surface area contributed by atoms with Crippen molar-refractivity contribution < 1.29 is 19.5 Å². The number of carbonyl (C=O) groups excluding carboxylic acids is 2. The van der Waals surface area contributed by atoms with E-state index in [-0.39, 0.29) is 23.8 Å². The summed E-state index contributed by atoms with van der Waals surface area (Å²) < 4.78 is 0. The average molecular weight is 550 g/mol. The van der Waals surface area contributed by atoms with Crippen LogP contribution in [0.1, 0.15) is 34.5 Å². The van der Waals surface area contributed by atoms with E-state index in [0.29, 0.717) is 31.3 Å². The number of nitrogens with two attached hydrogens (primary N) is 1. The quantitative estimate of drug-likeness (QED) is 0.485. The van der Waals surface area contributed by atoms with Crippen molar-refractivity contribution in [3.05, 3.63) is 41.2 Å². The number of nitrogens with one attached hydrogen (secondary N) is 1. The molecule has 0 aliphatic carbocycles. The highest BCUT2D eigenvalue weighted by Crippen LogP contribution is 2.29. The number of hydrogen-bond acceptors (Lipinski definition) is 8. The van der Waals surface area contributed by atoms with Gasteiger partial charge < -0.3 is 35.8 Å². The summed E-state index contributed by atoms with van der Waals surface area (Å²) in [6.07, 6.45) is 3.44. The minimum absolute atomic E-state index is 0.0646. The Balaban J connectivity index is 1.16. The molecule has 6 rings (SSSR count). The minimum Gasteiger partial charge on any atom is -0.465 e. The molecule has 1 unspecified atom stereocenters. The van der Waals surface area contributed by atoms with Crippen LogP contribution < -0.4 is 16.0 Å². The first-order chi connectivity index (χ1) is 19.3. The van der Waals surface area contributed by atoms with E-state index in [2.05, 4.69) is 32.2 Å². The lowest BCUT2D eigenvalue weighted by Gasteiger charge is -2.45. The first-order valence-corrected chi connectivity index (χ1v) is 13.8. The Hall–Kier alpha value is -4.13. The van der Waals surface area contributed by atoms with E-state index in [4.69, 9.17) is 15.8 Å². The number of carbonyl (C=O) groups is 3. The van der Waals surface area contributed by atoms with Gasteiger partial charge in [0.25, 0.3) is 5.91 Å². The molecule has 40 heavy (non-hydrogen) atoms. The summed E-state index contributed by atoms with van der Waals surface area (Å²) in [6, 6.07) is 6.53. The number of hydrogen-bond donors (Lipinski definition) is 3. The van der Waals surface area contributed by atoms with Crippen molar-refractivity contribution in [3.63, 3.8) is 0 Å². The number of piperidine rings is 1. The first kappa shape index (κ1) is 26.1. The summed E-state index contributed by atoms with van der Waals surface area (Å²) in [4.78, 5) is 54.6. The average Bonchev–Trinajstić information content (AvgIpc) is 3.25. The number of anilines is 3. The van der Waals surface area contributed by atoms with Crippen LogP contribution in [0.25, 0.3) is 0 Å². The van der Waals surface area contributed by atoms with Gasteiger partial charge in [0.2, 0.25) is 0 Å². The number of rotatable bonds is 6. The van der Waals surface area contributed by atoms with Crippen molar-refractivity contribution in [3.8, 4) is 0 Å². The van der Waals surface area contributed by atoms with Gasteiger partial charge in [-0.3, -0.25) is 9.69 Å². The van der Waals surface area contributed by atoms with Crippen LogP contribution in [0, 0.1) is 0 Å². The summed E-state index contributed by atoms with van der Waals surface area (Å²) in [5, 5.41) is 12.4. The van der Waals surface area contributed by atoms with E-state index in [0.717, 1.165) is 57.7 Å². The molecular weight excluding hydrogens is 514 g/mol. The Morgan fingerprint density at radius 2 is 1.90 bits per heavy atom. The molecule has 3 saturated heterocycles. The maximum Gasteiger partial charge on any atom is 0.407 e. The smallest absolute Gasteiger partial charge is 0.407 e. The van der Waals surface area contributed by atoms with Gasteiger partial charge in [0.1, 0.15) is 5.82 Å².